The number of hydrogen-bond acceptors (Lipinski definition) is 7. The van der Waals surface area contributed by atoms with Crippen LogP contribution < -0.4 is 20.1 Å². The van der Waals surface area contributed by atoms with Crippen molar-refractivity contribution >= 4 is 29.3 Å². The minimum absolute atomic E-state index is 0.0741. The molecule has 8 nitrogen and oxygen atoms in total. The maximum absolute atomic E-state index is 12.5. The second kappa shape index (κ2) is 10.4. The van der Waals surface area contributed by atoms with E-state index in [0.717, 1.165) is 0 Å². The van der Waals surface area contributed by atoms with Crippen molar-refractivity contribution in [3.8, 4) is 11.5 Å². The van der Waals surface area contributed by atoms with Gasteiger partial charge in [0.2, 0.25) is 5.91 Å². The lowest BCUT2D eigenvalue weighted by Crippen LogP contribution is -2.23. The molecular weight excluding hydrogens is 406 g/mol. The second-order valence-corrected chi connectivity index (χ2v) is 6.99. The molecule has 2 aromatic heterocycles. The molecule has 0 radical (unpaired) electrons. The number of benzene rings is 1. The zero-order chi connectivity index (χ0) is 21.3. The first-order valence-corrected chi connectivity index (χ1v) is 9.99. The highest BCUT2D eigenvalue weighted by molar-refractivity contribution is 8.00. The van der Waals surface area contributed by atoms with Crippen LogP contribution >= 0.6 is 11.8 Å². The molecule has 0 bridgehead atoms. The molecule has 2 heterocycles. The summed E-state index contributed by atoms with van der Waals surface area (Å²) in [4.78, 5) is 29.2. The first-order valence-electron chi connectivity index (χ1n) is 9.01. The molecule has 2 N–H and O–H groups in total. The highest BCUT2D eigenvalue weighted by atomic mass is 32.2. The third kappa shape index (κ3) is 5.54. The molecule has 30 heavy (non-hydrogen) atoms. The summed E-state index contributed by atoms with van der Waals surface area (Å²) in [6, 6.07) is 12.0. The number of furan rings is 1. The average molecular weight is 427 g/mol. The number of nitrogens with zero attached hydrogens (tertiary/aromatic N) is 1. The van der Waals surface area contributed by atoms with Gasteiger partial charge in [-0.15, -0.1) is 0 Å². The summed E-state index contributed by atoms with van der Waals surface area (Å²) in [6.07, 6.45) is 3.12. The summed E-state index contributed by atoms with van der Waals surface area (Å²) in [5.41, 5.74) is 0.921. The van der Waals surface area contributed by atoms with Crippen LogP contribution in [0, 0.1) is 0 Å². The maximum Gasteiger partial charge on any atom is 0.254 e. The van der Waals surface area contributed by atoms with E-state index < -0.39 is 0 Å². The molecule has 0 fully saturated rings. The number of nitrogens with one attached hydrogen (secondary N) is 2. The molecule has 2 amide bonds. The molecule has 0 saturated carbocycles. The Morgan fingerprint density at radius 1 is 1.13 bits per heavy atom. The van der Waals surface area contributed by atoms with Gasteiger partial charge in [-0.1, -0.05) is 11.8 Å². The van der Waals surface area contributed by atoms with Crippen molar-refractivity contribution in [2.75, 3.05) is 25.3 Å². The Kier molecular flexibility index (Phi) is 7.34. The summed E-state index contributed by atoms with van der Waals surface area (Å²) >= 11 is 1.17. The monoisotopic (exact) mass is 427 g/mol. The number of methoxy groups -OCH3 is 2. The number of thioether (sulfide) groups is 1. The standard InChI is InChI=1S/C21H21N3O5S/c1-27-14-7-8-17(18(11-14)28-2)24-19(25)13-30-21-16(6-3-9-22-21)20(26)23-12-15-5-4-10-29-15/h3-11H,12-13H2,1-2H3,(H,23,26)(H,24,25). The molecule has 3 rings (SSSR count). The number of hydrogen-bond donors (Lipinski definition) is 2. The van der Waals surface area contributed by atoms with Crippen LogP contribution in [0.15, 0.2) is 64.4 Å². The van der Waals surface area contributed by atoms with Gasteiger partial charge in [0, 0.05) is 12.3 Å². The number of carbonyl (C=O) groups excluding carboxylic acids is 2. The Morgan fingerprint density at radius 2 is 2.00 bits per heavy atom. The predicted molar refractivity (Wildman–Crippen MR) is 113 cm³/mol. The minimum Gasteiger partial charge on any atom is -0.497 e. The summed E-state index contributed by atoms with van der Waals surface area (Å²) < 4.78 is 15.6. The minimum atomic E-state index is -0.292. The van der Waals surface area contributed by atoms with Gasteiger partial charge in [-0.25, -0.2) is 4.98 Å². The molecule has 156 valence electrons. The van der Waals surface area contributed by atoms with Crippen LogP contribution in [-0.4, -0.2) is 36.8 Å². The second-order valence-electron chi connectivity index (χ2n) is 6.02. The Morgan fingerprint density at radius 3 is 2.73 bits per heavy atom. The fraction of sp³-hybridized carbons (Fsp3) is 0.190. The number of ether oxygens (including phenoxy) is 2. The Hall–Kier alpha value is -3.46. The highest BCUT2D eigenvalue weighted by Gasteiger charge is 2.15. The van der Waals surface area contributed by atoms with Crippen LogP contribution in [0.2, 0.25) is 0 Å². The van der Waals surface area contributed by atoms with Crippen LogP contribution in [0.5, 0.6) is 11.5 Å². The average Bonchev–Trinajstić information content (AvgIpc) is 3.30. The molecule has 1 aromatic carbocycles. The van der Waals surface area contributed by atoms with Crippen molar-refractivity contribution in [3.05, 3.63) is 66.2 Å². The Labute approximate surface area is 178 Å². The molecule has 9 heteroatoms. The van der Waals surface area contributed by atoms with E-state index >= 15 is 0 Å². The Balaban J connectivity index is 1.60. The van der Waals surface area contributed by atoms with Crippen molar-refractivity contribution in [3.63, 3.8) is 0 Å². The lowest BCUT2D eigenvalue weighted by atomic mass is 10.2. The van der Waals surface area contributed by atoms with Crippen molar-refractivity contribution in [2.45, 2.75) is 11.6 Å². The van der Waals surface area contributed by atoms with Gasteiger partial charge in [0.25, 0.3) is 5.91 Å². The van der Waals surface area contributed by atoms with Gasteiger partial charge in [0.1, 0.15) is 22.3 Å². The first-order chi connectivity index (χ1) is 14.6. The van der Waals surface area contributed by atoms with E-state index in [-0.39, 0.29) is 24.1 Å². The van der Waals surface area contributed by atoms with Crippen LogP contribution in [0.25, 0.3) is 0 Å². The lowest BCUT2D eigenvalue weighted by molar-refractivity contribution is -0.113. The number of aromatic nitrogens is 1. The molecule has 0 spiro atoms. The van der Waals surface area contributed by atoms with E-state index in [0.29, 0.717) is 33.5 Å². The van der Waals surface area contributed by atoms with Gasteiger partial charge in [-0.3, -0.25) is 9.59 Å². The SMILES string of the molecule is COc1ccc(NC(=O)CSc2ncccc2C(=O)NCc2ccco2)c(OC)c1. The van der Waals surface area contributed by atoms with Gasteiger partial charge in [0.15, 0.2) is 0 Å². The van der Waals surface area contributed by atoms with Crippen LogP contribution in [0.4, 0.5) is 5.69 Å². The zero-order valence-electron chi connectivity index (χ0n) is 16.5. The van der Waals surface area contributed by atoms with Crippen molar-refractivity contribution in [2.24, 2.45) is 0 Å². The van der Waals surface area contributed by atoms with E-state index in [1.165, 1.54) is 18.9 Å². The number of rotatable bonds is 9. The maximum atomic E-state index is 12.5. The Bertz CT molecular complexity index is 1010. The van der Waals surface area contributed by atoms with E-state index in [9.17, 15) is 9.59 Å². The van der Waals surface area contributed by atoms with E-state index in [1.807, 2.05) is 0 Å². The summed E-state index contributed by atoms with van der Waals surface area (Å²) in [7, 11) is 3.07. The first kappa shape index (κ1) is 21.3. The summed E-state index contributed by atoms with van der Waals surface area (Å²) in [5.74, 6) is 1.29. The summed E-state index contributed by atoms with van der Waals surface area (Å²) in [5, 5.41) is 6.04. The molecule has 0 aliphatic rings. The molecule has 3 aromatic rings. The normalized spacial score (nSPS) is 10.3. The van der Waals surface area contributed by atoms with Crippen LogP contribution in [0.1, 0.15) is 16.1 Å². The van der Waals surface area contributed by atoms with E-state index in [2.05, 4.69) is 15.6 Å². The third-order valence-corrected chi connectivity index (χ3v) is 5.05. The van der Waals surface area contributed by atoms with Crippen LogP contribution in [-0.2, 0) is 11.3 Å². The topological polar surface area (TPSA) is 103 Å². The molecule has 0 aliphatic carbocycles. The number of carbonyl (C=O) groups is 2. The smallest absolute Gasteiger partial charge is 0.254 e. The zero-order valence-corrected chi connectivity index (χ0v) is 17.3. The molecule has 0 aliphatic heterocycles. The van der Waals surface area contributed by atoms with Crippen molar-refractivity contribution in [1.82, 2.24) is 10.3 Å². The van der Waals surface area contributed by atoms with Crippen molar-refractivity contribution in [1.29, 1.82) is 0 Å². The molecule has 0 unspecified atom stereocenters. The van der Waals surface area contributed by atoms with Crippen molar-refractivity contribution < 1.29 is 23.5 Å². The summed E-state index contributed by atoms with van der Waals surface area (Å²) in [6.45, 7) is 0.266. The third-order valence-electron chi connectivity index (χ3n) is 4.04. The van der Waals surface area contributed by atoms with E-state index in [4.69, 9.17) is 13.9 Å². The quantitative estimate of drug-likeness (QED) is 0.505. The predicted octanol–water partition coefficient (Wildman–Crippen LogP) is 3.35. The fourth-order valence-corrected chi connectivity index (χ4v) is 3.37. The van der Waals surface area contributed by atoms with Gasteiger partial charge in [-0.2, -0.15) is 0 Å². The van der Waals surface area contributed by atoms with E-state index in [1.54, 1.807) is 62.0 Å². The number of pyridine rings is 1. The molecular formula is C21H21N3O5S. The fourth-order valence-electron chi connectivity index (χ4n) is 2.58. The highest BCUT2D eigenvalue weighted by Crippen LogP contribution is 2.29. The number of amides is 2. The van der Waals surface area contributed by atoms with Gasteiger partial charge >= 0.3 is 0 Å². The van der Waals surface area contributed by atoms with Gasteiger partial charge in [-0.05, 0) is 36.4 Å². The van der Waals surface area contributed by atoms with Crippen LogP contribution in [0.3, 0.4) is 0 Å². The number of anilines is 1. The van der Waals surface area contributed by atoms with Gasteiger partial charge in [0.05, 0.1) is 44.0 Å². The largest absolute Gasteiger partial charge is 0.497 e. The lowest BCUT2D eigenvalue weighted by Gasteiger charge is -2.12. The molecule has 0 saturated heterocycles. The van der Waals surface area contributed by atoms with Gasteiger partial charge < -0.3 is 24.5 Å². The molecule has 0 atom stereocenters.